The number of benzene rings is 1. The van der Waals surface area contributed by atoms with Gasteiger partial charge < -0.3 is 0 Å². The van der Waals surface area contributed by atoms with Gasteiger partial charge in [0.05, 0.1) is 18.6 Å². The zero-order chi connectivity index (χ0) is 13.0. The molecule has 0 atom stereocenters. The van der Waals surface area contributed by atoms with E-state index in [0.717, 1.165) is 23.1 Å². The maximum atomic E-state index is 10.9. The molecule has 0 radical (unpaired) electrons. The lowest BCUT2D eigenvalue weighted by Crippen LogP contribution is -2.02. The molecule has 0 amide bonds. The molecule has 0 N–H and O–H groups in total. The Morgan fingerprint density at radius 1 is 1.11 bits per heavy atom. The summed E-state index contributed by atoms with van der Waals surface area (Å²) in [7, 11) is -3.40. The Labute approximate surface area is 106 Å². The van der Waals surface area contributed by atoms with E-state index in [9.17, 15) is 8.42 Å². The molecule has 1 heterocycles. The first-order valence-electron chi connectivity index (χ1n) is 5.39. The van der Waals surface area contributed by atoms with Gasteiger partial charge >= 0.3 is 0 Å². The van der Waals surface area contributed by atoms with Gasteiger partial charge in [-0.3, -0.25) is 9.17 Å². The minimum atomic E-state index is -3.40. The van der Waals surface area contributed by atoms with Gasteiger partial charge in [-0.2, -0.15) is 8.42 Å². The Morgan fingerprint density at radius 2 is 1.83 bits per heavy atom. The van der Waals surface area contributed by atoms with Crippen LogP contribution in [-0.2, 0) is 20.9 Å². The number of hydrogen-bond donors (Lipinski definition) is 0. The van der Waals surface area contributed by atoms with Crippen molar-refractivity contribution in [3.8, 4) is 11.3 Å². The number of hydrogen-bond acceptors (Lipinski definition) is 4. The monoisotopic (exact) mass is 263 g/mol. The van der Waals surface area contributed by atoms with Crippen LogP contribution in [-0.4, -0.2) is 19.7 Å². The van der Waals surface area contributed by atoms with Crippen molar-refractivity contribution in [2.75, 3.05) is 6.26 Å². The van der Waals surface area contributed by atoms with Gasteiger partial charge in [-0.15, -0.1) is 0 Å². The van der Waals surface area contributed by atoms with Crippen LogP contribution in [0.5, 0.6) is 0 Å². The van der Waals surface area contributed by atoms with Gasteiger partial charge in [0.25, 0.3) is 10.1 Å². The molecule has 1 aromatic carbocycles. The summed E-state index contributed by atoms with van der Waals surface area (Å²) in [6, 6.07) is 13.1. The first-order chi connectivity index (χ1) is 8.54. The number of aromatic nitrogens is 1. The molecular formula is C13H13NO3S. The van der Waals surface area contributed by atoms with Crippen LogP contribution in [0.15, 0.2) is 48.7 Å². The zero-order valence-corrected chi connectivity index (χ0v) is 10.7. The second-order valence-electron chi connectivity index (χ2n) is 3.88. The minimum Gasteiger partial charge on any atom is -0.265 e. The standard InChI is InChI=1S/C13H13NO3S/c1-18(15,16)17-10-11-5-7-12(8-6-11)13-4-2-3-9-14-13/h2-9H,10H2,1H3. The van der Waals surface area contributed by atoms with E-state index in [1.807, 2.05) is 42.5 Å². The molecule has 2 aromatic rings. The number of rotatable bonds is 4. The second kappa shape index (κ2) is 5.29. The molecule has 0 saturated carbocycles. The van der Waals surface area contributed by atoms with Crippen molar-refractivity contribution in [1.29, 1.82) is 0 Å². The third-order valence-electron chi connectivity index (χ3n) is 2.35. The van der Waals surface area contributed by atoms with E-state index in [0.29, 0.717) is 0 Å². The predicted octanol–water partition coefficient (Wildman–Crippen LogP) is 2.22. The molecule has 4 nitrogen and oxygen atoms in total. The molecule has 5 heteroatoms. The molecule has 0 unspecified atom stereocenters. The highest BCUT2D eigenvalue weighted by atomic mass is 32.2. The fourth-order valence-corrected chi connectivity index (χ4v) is 1.83. The molecule has 0 spiro atoms. The lowest BCUT2D eigenvalue weighted by molar-refractivity contribution is 0.312. The van der Waals surface area contributed by atoms with Crippen molar-refractivity contribution in [3.63, 3.8) is 0 Å². The lowest BCUT2D eigenvalue weighted by atomic mass is 10.1. The molecule has 1 aromatic heterocycles. The highest BCUT2D eigenvalue weighted by Gasteiger charge is 2.03. The average Bonchev–Trinajstić information content (AvgIpc) is 2.37. The van der Waals surface area contributed by atoms with Crippen LogP contribution < -0.4 is 0 Å². The van der Waals surface area contributed by atoms with Crippen LogP contribution in [0.4, 0.5) is 0 Å². The minimum absolute atomic E-state index is 0.0569. The summed E-state index contributed by atoms with van der Waals surface area (Å²) in [4.78, 5) is 4.24. The van der Waals surface area contributed by atoms with E-state index in [4.69, 9.17) is 4.18 Å². The highest BCUT2D eigenvalue weighted by Crippen LogP contribution is 2.17. The van der Waals surface area contributed by atoms with Crippen LogP contribution in [0.25, 0.3) is 11.3 Å². The van der Waals surface area contributed by atoms with Crippen molar-refractivity contribution in [2.45, 2.75) is 6.61 Å². The maximum Gasteiger partial charge on any atom is 0.264 e. The molecule has 0 bridgehead atoms. The molecule has 18 heavy (non-hydrogen) atoms. The molecule has 0 saturated heterocycles. The van der Waals surface area contributed by atoms with Crippen molar-refractivity contribution < 1.29 is 12.6 Å². The van der Waals surface area contributed by atoms with E-state index in [2.05, 4.69) is 4.98 Å². The normalized spacial score (nSPS) is 11.4. The summed E-state index contributed by atoms with van der Waals surface area (Å²) in [6.07, 6.45) is 2.77. The van der Waals surface area contributed by atoms with Gasteiger partial charge in [-0.25, -0.2) is 0 Å². The van der Waals surface area contributed by atoms with Gasteiger partial charge in [0.1, 0.15) is 0 Å². The third kappa shape index (κ3) is 3.65. The van der Waals surface area contributed by atoms with Crippen molar-refractivity contribution >= 4 is 10.1 Å². The highest BCUT2D eigenvalue weighted by molar-refractivity contribution is 7.85. The fourth-order valence-electron chi connectivity index (χ4n) is 1.48. The summed E-state index contributed by atoms with van der Waals surface area (Å²) in [5.74, 6) is 0. The van der Waals surface area contributed by atoms with Crippen molar-refractivity contribution in [1.82, 2.24) is 4.98 Å². The molecule has 0 fully saturated rings. The number of nitrogens with zero attached hydrogens (tertiary/aromatic N) is 1. The zero-order valence-electron chi connectivity index (χ0n) is 9.91. The van der Waals surface area contributed by atoms with Crippen molar-refractivity contribution in [2.24, 2.45) is 0 Å². The summed E-state index contributed by atoms with van der Waals surface area (Å²) in [5, 5.41) is 0. The first kappa shape index (κ1) is 12.7. The predicted molar refractivity (Wildman–Crippen MR) is 69.3 cm³/mol. The SMILES string of the molecule is CS(=O)(=O)OCc1ccc(-c2ccccn2)cc1. The third-order valence-corrected chi connectivity index (χ3v) is 2.90. The average molecular weight is 263 g/mol. The van der Waals surface area contributed by atoms with Gasteiger partial charge in [0.2, 0.25) is 0 Å². The second-order valence-corrected chi connectivity index (χ2v) is 5.52. The summed E-state index contributed by atoms with van der Waals surface area (Å²) in [5.41, 5.74) is 2.67. The summed E-state index contributed by atoms with van der Waals surface area (Å²) >= 11 is 0. The quantitative estimate of drug-likeness (QED) is 0.794. The van der Waals surface area contributed by atoms with Gasteiger partial charge in [-0.05, 0) is 17.7 Å². The van der Waals surface area contributed by atoms with E-state index < -0.39 is 10.1 Å². The smallest absolute Gasteiger partial charge is 0.264 e. The number of pyridine rings is 1. The lowest BCUT2D eigenvalue weighted by Gasteiger charge is -2.04. The van der Waals surface area contributed by atoms with Gasteiger partial charge in [0, 0.05) is 11.8 Å². The largest absolute Gasteiger partial charge is 0.265 e. The molecule has 0 aliphatic rings. The van der Waals surface area contributed by atoms with Crippen LogP contribution >= 0.6 is 0 Å². The Hall–Kier alpha value is -1.72. The molecular weight excluding hydrogens is 250 g/mol. The molecule has 94 valence electrons. The first-order valence-corrected chi connectivity index (χ1v) is 7.21. The van der Waals surface area contributed by atoms with Crippen molar-refractivity contribution in [3.05, 3.63) is 54.2 Å². The molecule has 0 aliphatic heterocycles. The summed E-state index contributed by atoms with van der Waals surface area (Å²) < 4.78 is 26.4. The topological polar surface area (TPSA) is 56.3 Å². The summed E-state index contributed by atoms with van der Waals surface area (Å²) in [6.45, 7) is 0.0569. The fraction of sp³-hybridized carbons (Fsp3) is 0.154. The molecule has 2 rings (SSSR count). The van der Waals surface area contributed by atoms with Crippen LogP contribution in [0.2, 0.25) is 0 Å². The Bertz CT molecular complexity index is 606. The van der Waals surface area contributed by atoms with E-state index in [1.165, 1.54) is 0 Å². The van der Waals surface area contributed by atoms with Crippen LogP contribution in [0, 0.1) is 0 Å². The van der Waals surface area contributed by atoms with Gasteiger partial charge in [0.15, 0.2) is 0 Å². The van der Waals surface area contributed by atoms with E-state index >= 15 is 0 Å². The Kier molecular flexibility index (Phi) is 3.74. The van der Waals surface area contributed by atoms with Crippen LogP contribution in [0.3, 0.4) is 0 Å². The van der Waals surface area contributed by atoms with E-state index in [1.54, 1.807) is 6.20 Å². The van der Waals surface area contributed by atoms with E-state index in [-0.39, 0.29) is 6.61 Å². The maximum absolute atomic E-state index is 10.9. The van der Waals surface area contributed by atoms with Crippen LogP contribution in [0.1, 0.15) is 5.56 Å². The van der Waals surface area contributed by atoms with Gasteiger partial charge in [-0.1, -0.05) is 30.3 Å². The molecule has 0 aliphatic carbocycles. The Morgan fingerprint density at radius 3 is 2.39 bits per heavy atom. The Balaban J connectivity index is 2.11.